The lowest BCUT2D eigenvalue weighted by Crippen LogP contribution is -2.53. The van der Waals surface area contributed by atoms with Gasteiger partial charge in [0.15, 0.2) is 0 Å². The fraction of sp³-hybridized carbons (Fsp3) is 0.900. The second-order valence-electron chi connectivity index (χ2n) is 4.25. The van der Waals surface area contributed by atoms with Crippen LogP contribution in [-0.4, -0.2) is 59.1 Å². The van der Waals surface area contributed by atoms with Crippen LogP contribution in [-0.2, 0) is 4.79 Å². The smallest absolute Gasteiger partial charge is 0.236 e. The van der Waals surface area contributed by atoms with E-state index in [-0.39, 0.29) is 5.91 Å². The number of carbonyl (C=O) groups is 1. The molecular formula is C10H20N2O2. The molecule has 0 aromatic rings. The van der Waals surface area contributed by atoms with Gasteiger partial charge in [0.05, 0.1) is 12.6 Å². The van der Waals surface area contributed by atoms with Gasteiger partial charge in [0.2, 0.25) is 5.91 Å². The summed E-state index contributed by atoms with van der Waals surface area (Å²) in [5, 5.41) is 9.19. The Hall–Kier alpha value is -0.610. The number of hydrogen-bond acceptors (Lipinski definition) is 3. The summed E-state index contributed by atoms with van der Waals surface area (Å²) in [4.78, 5) is 15.5. The lowest BCUT2D eigenvalue weighted by molar-refractivity contribution is -0.138. The highest BCUT2D eigenvalue weighted by Gasteiger charge is 2.25. The molecule has 0 radical (unpaired) electrons. The average molecular weight is 200 g/mol. The van der Waals surface area contributed by atoms with Gasteiger partial charge in [-0.15, -0.1) is 0 Å². The summed E-state index contributed by atoms with van der Waals surface area (Å²) in [5.74, 6) is 0.130. The van der Waals surface area contributed by atoms with Crippen LogP contribution in [0.4, 0.5) is 0 Å². The highest BCUT2D eigenvalue weighted by molar-refractivity contribution is 5.79. The van der Waals surface area contributed by atoms with Gasteiger partial charge in [-0.25, -0.2) is 0 Å². The zero-order chi connectivity index (χ0) is 10.7. The number of β-amino-alcohol motifs (C(OH)–C–C–N with tert-alkyl or cyclic N) is 1. The second kappa shape index (κ2) is 4.75. The van der Waals surface area contributed by atoms with Crippen molar-refractivity contribution < 1.29 is 9.90 Å². The Morgan fingerprint density at radius 1 is 1.36 bits per heavy atom. The Morgan fingerprint density at radius 2 is 2.00 bits per heavy atom. The normalized spacial score (nSPS) is 21.8. The van der Waals surface area contributed by atoms with Crippen LogP contribution >= 0.6 is 0 Å². The molecule has 1 saturated heterocycles. The Labute approximate surface area is 85.5 Å². The van der Waals surface area contributed by atoms with Crippen LogP contribution in [0.2, 0.25) is 0 Å². The second-order valence-corrected chi connectivity index (χ2v) is 4.25. The average Bonchev–Trinajstić information content (AvgIpc) is 2.07. The molecule has 1 atom stereocenters. The van der Waals surface area contributed by atoms with E-state index in [1.165, 1.54) is 0 Å². The first-order valence-electron chi connectivity index (χ1n) is 5.20. The van der Waals surface area contributed by atoms with E-state index in [9.17, 15) is 9.90 Å². The summed E-state index contributed by atoms with van der Waals surface area (Å²) >= 11 is 0. The van der Waals surface area contributed by atoms with E-state index in [4.69, 9.17) is 0 Å². The monoisotopic (exact) mass is 200 g/mol. The van der Waals surface area contributed by atoms with Gasteiger partial charge in [0.1, 0.15) is 0 Å². The van der Waals surface area contributed by atoms with Crippen LogP contribution in [0.5, 0.6) is 0 Å². The Kier molecular flexibility index (Phi) is 3.89. The summed E-state index contributed by atoms with van der Waals surface area (Å²) in [6, 6.07) is 0.424. The number of hydrogen-bond donors (Lipinski definition) is 1. The van der Waals surface area contributed by atoms with Gasteiger partial charge in [-0.05, 0) is 20.8 Å². The quantitative estimate of drug-likeness (QED) is 0.693. The molecule has 1 heterocycles. The first-order valence-corrected chi connectivity index (χ1v) is 5.20. The molecule has 4 heteroatoms. The van der Waals surface area contributed by atoms with Crippen LogP contribution in [0, 0.1) is 0 Å². The van der Waals surface area contributed by atoms with Gasteiger partial charge in [0.25, 0.3) is 0 Å². The summed E-state index contributed by atoms with van der Waals surface area (Å²) in [6.45, 7) is 8.50. The van der Waals surface area contributed by atoms with E-state index in [0.717, 1.165) is 13.1 Å². The number of piperazine rings is 1. The Morgan fingerprint density at radius 3 is 2.43 bits per heavy atom. The molecule has 1 amide bonds. The van der Waals surface area contributed by atoms with Crippen LogP contribution in [0.3, 0.4) is 0 Å². The molecule has 1 fully saturated rings. The largest absolute Gasteiger partial charge is 0.392 e. The zero-order valence-corrected chi connectivity index (χ0v) is 9.23. The first kappa shape index (κ1) is 11.5. The summed E-state index contributed by atoms with van der Waals surface area (Å²) in [7, 11) is 0. The van der Waals surface area contributed by atoms with E-state index in [1.54, 1.807) is 11.8 Å². The Bertz CT molecular complexity index is 204. The van der Waals surface area contributed by atoms with Gasteiger partial charge >= 0.3 is 0 Å². The van der Waals surface area contributed by atoms with Gasteiger partial charge < -0.3 is 10.0 Å². The molecule has 1 aliphatic rings. The van der Waals surface area contributed by atoms with Crippen LogP contribution in [0.25, 0.3) is 0 Å². The van der Waals surface area contributed by atoms with Gasteiger partial charge in [-0.3, -0.25) is 9.69 Å². The molecule has 0 saturated carbocycles. The molecular weight excluding hydrogens is 180 g/mol. The highest BCUT2D eigenvalue weighted by Crippen LogP contribution is 2.07. The number of rotatable bonds is 3. The van der Waals surface area contributed by atoms with Gasteiger partial charge in [-0.2, -0.15) is 0 Å². The highest BCUT2D eigenvalue weighted by atomic mass is 16.3. The van der Waals surface area contributed by atoms with Crippen molar-refractivity contribution in [3.63, 3.8) is 0 Å². The third-order valence-electron chi connectivity index (χ3n) is 2.56. The molecule has 0 aromatic carbocycles. The van der Waals surface area contributed by atoms with Crippen molar-refractivity contribution in [3.05, 3.63) is 0 Å². The lowest BCUT2D eigenvalue weighted by atomic mass is 10.2. The van der Waals surface area contributed by atoms with Gasteiger partial charge in [0, 0.05) is 25.7 Å². The Balaban J connectivity index is 2.44. The number of aliphatic hydroxyl groups is 1. The maximum Gasteiger partial charge on any atom is 0.236 e. The van der Waals surface area contributed by atoms with E-state index in [0.29, 0.717) is 19.1 Å². The third kappa shape index (κ3) is 2.96. The van der Waals surface area contributed by atoms with Crippen molar-refractivity contribution in [1.82, 2.24) is 9.80 Å². The minimum atomic E-state index is -0.426. The number of amides is 1. The molecule has 0 aliphatic carbocycles. The van der Waals surface area contributed by atoms with E-state index >= 15 is 0 Å². The maximum atomic E-state index is 11.6. The van der Waals surface area contributed by atoms with Crippen molar-refractivity contribution >= 4 is 5.91 Å². The molecule has 1 rings (SSSR count). The lowest BCUT2D eigenvalue weighted by Gasteiger charge is -2.36. The molecule has 0 bridgehead atoms. The van der Waals surface area contributed by atoms with Crippen molar-refractivity contribution in [1.29, 1.82) is 0 Å². The standard InChI is InChI=1S/C10H20N2O2/c1-8(2)11-4-5-12(6-9(3)13)10(14)7-11/h8-9,13H,4-7H2,1-3H3. The first-order chi connectivity index (χ1) is 6.50. The number of nitrogens with zero attached hydrogens (tertiary/aromatic N) is 2. The topological polar surface area (TPSA) is 43.8 Å². The summed E-state index contributed by atoms with van der Waals surface area (Å²) < 4.78 is 0. The van der Waals surface area contributed by atoms with E-state index in [2.05, 4.69) is 18.7 Å². The third-order valence-corrected chi connectivity index (χ3v) is 2.56. The van der Waals surface area contributed by atoms with Crippen molar-refractivity contribution in [2.45, 2.75) is 32.9 Å². The fourth-order valence-electron chi connectivity index (χ4n) is 1.68. The van der Waals surface area contributed by atoms with E-state index < -0.39 is 6.10 Å². The van der Waals surface area contributed by atoms with Gasteiger partial charge in [-0.1, -0.05) is 0 Å². The van der Waals surface area contributed by atoms with Crippen LogP contribution < -0.4 is 0 Å². The molecule has 0 spiro atoms. The number of aliphatic hydroxyl groups excluding tert-OH is 1. The van der Waals surface area contributed by atoms with Crippen molar-refractivity contribution in [2.75, 3.05) is 26.2 Å². The fourth-order valence-corrected chi connectivity index (χ4v) is 1.68. The van der Waals surface area contributed by atoms with Crippen molar-refractivity contribution in [3.8, 4) is 0 Å². The minimum absolute atomic E-state index is 0.130. The molecule has 1 unspecified atom stereocenters. The SMILES string of the molecule is CC(O)CN1CCN(C(C)C)CC1=O. The predicted molar refractivity (Wildman–Crippen MR) is 55.0 cm³/mol. The maximum absolute atomic E-state index is 11.6. The zero-order valence-electron chi connectivity index (χ0n) is 9.23. The molecule has 1 N–H and O–H groups in total. The molecule has 0 aromatic heterocycles. The predicted octanol–water partition coefficient (Wildman–Crippen LogP) is -0.0802. The minimum Gasteiger partial charge on any atom is -0.392 e. The van der Waals surface area contributed by atoms with Crippen molar-refractivity contribution in [2.24, 2.45) is 0 Å². The molecule has 82 valence electrons. The molecule has 4 nitrogen and oxygen atoms in total. The molecule has 1 aliphatic heterocycles. The summed E-state index contributed by atoms with van der Waals surface area (Å²) in [5.41, 5.74) is 0. The van der Waals surface area contributed by atoms with E-state index in [1.807, 2.05) is 0 Å². The van der Waals surface area contributed by atoms with Crippen LogP contribution in [0.15, 0.2) is 0 Å². The molecule has 14 heavy (non-hydrogen) atoms. The van der Waals surface area contributed by atoms with Crippen LogP contribution in [0.1, 0.15) is 20.8 Å². The number of carbonyl (C=O) groups excluding carboxylic acids is 1. The summed E-state index contributed by atoms with van der Waals surface area (Å²) in [6.07, 6.45) is -0.426.